The van der Waals surface area contributed by atoms with Crippen LogP contribution in [0.3, 0.4) is 0 Å². The van der Waals surface area contributed by atoms with Crippen LogP contribution in [0.1, 0.15) is 32.3 Å². The molecular formula is C14H20F2N2O. The first-order chi connectivity index (χ1) is 8.91. The van der Waals surface area contributed by atoms with Gasteiger partial charge in [0.25, 0.3) is 0 Å². The molecule has 0 aliphatic carbocycles. The summed E-state index contributed by atoms with van der Waals surface area (Å²) in [6, 6.07) is 3.80. The molecule has 106 valence electrons. The molecule has 19 heavy (non-hydrogen) atoms. The molecule has 0 saturated heterocycles. The fraction of sp³-hybridized carbons (Fsp3) is 0.500. The van der Waals surface area contributed by atoms with Gasteiger partial charge in [-0.1, -0.05) is 26.0 Å². The van der Waals surface area contributed by atoms with Crippen LogP contribution in [0.5, 0.6) is 0 Å². The highest BCUT2D eigenvalue weighted by atomic mass is 19.2. The highest BCUT2D eigenvalue weighted by Crippen LogP contribution is 2.12. The van der Waals surface area contributed by atoms with Gasteiger partial charge in [0.05, 0.1) is 6.42 Å². The van der Waals surface area contributed by atoms with E-state index in [-0.39, 0.29) is 17.9 Å². The molecule has 5 heteroatoms. The highest BCUT2D eigenvalue weighted by molar-refractivity contribution is 5.78. The van der Waals surface area contributed by atoms with E-state index in [2.05, 4.69) is 5.32 Å². The van der Waals surface area contributed by atoms with Crippen molar-refractivity contribution in [3.63, 3.8) is 0 Å². The Bertz CT molecular complexity index is 445. The second-order valence-electron chi connectivity index (χ2n) is 4.74. The summed E-state index contributed by atoms with van der Waals surface area (Å²) in [6.07, 6.45) is 1.28. The van der Waals surface area contributed by atoms with Gasteiger partial charge in [-0.2, -0.15) is 0 Å². The molecule has 0 aromatic heterocycles. The second kappa shape index (κ2) is 6.61. The van der Waals surface area contributed by atoms with Crippen molar-refractivity contribution in [2.75, 3.05) is 6.54 Å². The molecule has 0 unspecified atom stereocenters. The second-order valence-corrected chi connectivity index (χ2v) is 4.74. The maximum Gasteiger partial charge on any atom is 0.224 e. The molecule has 1 aromatic rings. The van der Waals surface area contributed by atoms with E-state index in [9.17, 15) is 13.6 Å². The largest absolute Gasteiger partial charge is 0.354 e. The van der Waals surface area contributed by atoms with Crippen molar-refractivity contribution in [1.29, 1.82) is 0 Å². The lowest BCUT2D eigenvalue weighted by Gasteiger charge is -2.26. The van der Waals surface area contributed by atoms with Crippen LogP contribution in [-0.2, 0) is 11.2 Å². The van der Waals surface area contributed by atoms with Gasteiger partial charge in [-0.15, -0.1) is 0 Å². The molecule has 0 heterocycles. The molecule has 1 aromatic carbocycles. The van der Waals surface area contributed by atoms with Crippen molar-refractivity contribution in [1.82, 2.24) is 5.32 Å². The third kappa shape index (κ3) is 4.28. The zero-order valence-corrected chi connectivity index (χ0v) is 11.3. The predicted molar refractivity (Wildman–Crippen MR) is 70.6 cm³/mol. The summed E-state index contributed by atoms with van der Waals surface area (Å²) >= 11 is 0. The van der Waals surface area contributed by atoms with Gasteiger partial charge in [-0.25, -0.2) is 8.78 Å². The van der Waals surface area contributed by atoms with Gasteiger partial charge in [0.15, 0.2) is 11.6 Å². The Labute approximate surface area is 112 Å². The monoisotopic (exact) mass is 270 g/mol. The van der Waals surface area contributed by atoms with Gasteiger partial charge < -0.3 is 11.1 Å². The lowest BCUT2D eigenvalue weighted by molar-refractivity contribution is -0.120. The van der Waals surface area contributed by atoms with E-state index in [0.29, 0.717) is 6.54 Å². The van der Waals surface area contributed by atoms with Crippen LogP contribution in [0.15, 0.2) is 18.2 Å². The SMILES string of the molecule is CCC(N)(CC)CNC(=O)Cc1cccc(F)c1F. The maximum absolute atomic E-state index is 13.4. The van der Waals surface area contributed by atoms with Crippen molar-refractivity contribution < 1.29 is 13.6 Å². The Morgan fingerprint density at radius 2 is 1.95 bits per heavy atom. The molecule has 0 fully saturated rings. The van der Waals surface area contributed by atoms with Gasteiger partial charge in [0.1, 0.15) is 0 Å². The predicted octanol–water partition coefficient (Wildman–Crippen LogP) is 2.14. The van der Waals surface area contributed by atoms with Crippen LogP contribution in [0.25, 0.3) is 0 Å². The number of carbonyl (C=O) groups excluding carboxylic acids is 1. The van der Waals surface area contributed by atoms with Crippen molar-refractivity contribution in [2.45, 2.75) is 38.6 Å². The Morgan fingerprint density at radius 1 is 1.32 bits per heavy atom. The van der Waals surface area contributed by atoms with Gasteiger partial charge in [0.2, 0.25) is 5.91 Å². The maximum atomic E-state index is 13.4. The Hall–Kier alpha value is -1.49. The van der Waals surface area contributed by atoms with Crippen LogP contribution in [0, 0.1) is 11.6 Å². The minimum atomic E-state index is -0.970. The van der Waals surface area contributed by atoms with Crippen LogP contribution in [-0.4, -0.2) is 18.0 Å². The average molecular weight is 270 g/mol. The molecule has 1 rings (SSSR count). The van der Waals surface area contributed by atoms with Crippen molar-refractivity contribution in [3.8, 4) is 0 Å². The summed E-state index contributed by atoms with van der Waals surface area (Å²) in [4.78, 5) is 11.7. The molecule has 0 aliphatic rings. The summed E-state index contributed by atoms with van der Waals surface area (Å²) in [7, 11) is 0. The number of hydrogen-bond donors (Lipinski definition) is 2. The number of rotatable bonds is 6. The fourth-order valence-corrected chi connectivity index (χ4v) is 1.70. The molecule has 0 saturated carbocycles. The third-order valence-electron chi connectivity index (χ3n) is 3.43. The van der Waals surface area contributed by atoms with Crippen LogP contribution < -0.4 is 11.1 Å². The molecule has 0 spiro atoms. The zero-order chi connectivity index (χ0) is 14.5. The molecular weight excluding hydrogens is 250 g/mol. The standard InChI is InChI=1S/C14H20F2N2O/c1-3-14(17,4-2)9-18-12(19)8-10-6-5-7-11(15)13(10)16/h5-7H,3-4,8-9,17H2,1-2H3,(H,18,19). The van der Waals surface area contributed by atoms with E-state index in [1.54, 1.807) is 0 Å². The fourth-order valence-electron chi connectivity index (χ4n) is 1.70. The number of nitrogens with one attached hydrogen (secondary N) is 1. The molecule has 1 amide bonds. The lowest BCUT2D eigenvalue weighted by atomic mass is 9.94. The smallest absolute Gasteiger partial charge is 0.224 e. The van der Waals surface area contributed by atoms with E-state index in [4.69, 9.17) is 5.73 Å². The first-order valence-electron chi connectivity index (χ1n) is 6.40. The Morgan fingerprint density at radius 3 is 2.53 bits per heavy atom. The molecule has 3 nitrogen and oxygen atoms in total. The topological polar surface area (TPSA) is 55.1 Å². The number of benzene rings is 1. The highest BCUT2D eigenvalue weighted by Gasteiger charge is 2.21. The Balaban J connectivity index is 2.59. The summed E-state index contributed by atoms with van der Waals surface area (Å²) in [5, 5.41) is 2.67. The normalized spacial score (nSPS) is 11.4. The summed E-state index contributed by atoms with van der Waals surface area (Å²) < 4.78 is 26.4. The van der Waals surface area contributed by atoms with Crippen molar-refractivity contribution >= 4 is 5.91 Å². The minimum absolute atomic E-state index is 0.0492. The van der Waals surface area contributed by atoms with Gasteiger partial charge in [-0.05, 0) is 18.9 Å². The van der Waals surface area contributed by atoms with Gasteiger partial charge >= 0.3 is 0 Å². The number of nitrogens with two attached hydrogens (primary N) is 1. The summed E-state index contributed by atoms with van der Waals surface area (Å²) in [6.45, 7) is 4.22. The van der Waals surface area contributed by atoms with Crippen LogP contribution in [0.4, 0.5) is 8.78 Å². The van der Waals surface area contributed by atoms with Crippen molar-refractivity contribution in [3.05, 3.63) is 35.4 Å². The number of carbonyl (C=O) groups is 1. The third-order valence-corrected chi connectivity index (χ3v) is 3.43. The van der Waals surface area contributed by atoms with E-state index >= 15 is 0 Å². The Kier molecular flexibility index (Phi) is 5.42. The van der Waals surface area contributed by atoms with Gasteiger partial charge in [-0.3, -0.25) is 4.79 Å². The summed E-state index contributed by atoms with van der Waals surface area (Å²) in [5.74, 6) is -2.27. The van der Waals surface area contributed by atoms with Crippen LogP contribution in [0.2, 0.25) is 0 Å². The first kappa shape index (κ1) is 15.6. The van der Waals surface area contributed by atoms with E-state index in [1.807, 2.05) is 13.8 Å². The van der Waals surface area contributed by atoms with Crippen molar-refractivity contribution in [2.24, 2.45) is 5.73 Å². The molecule has 0 radical (unpaired) electrons. The van der Waals surface area contributed by atoms with E-state index in [1.165, 1.54) is 12.1 Å². The molecule has 0 bridgehead atoms. The zero-order valence-electron chi connectivity index (χ0n) is 11.3. The summed E-state index contributed by atoms with van der Waals surface area (Å²) in [5.41, 5.74) is 5.64. The number of halogens is 2. The van der Waals surface area contributed by atoms with Crippen LogP contribution >= 0.6 is 0 Å². The minimum Gasteiger partial charge on any atom is -0.354 e. The van der Waals surface area contributed by atoms with E-state index < -0.39 is 17.2 Å². The molecule has 0 atom stereocenters. The average Bonchev–Trinajstić information content (AvgIpc) is 2.41. The van der Waals surface area contributed by atoms with E-state index in [0.717, 1.165) is 18.9 Å². The quantitative estimate of drug-likeness (QED) is 0.832. The number of hydrogen-bond acceptors (Lipinski definition) is 2. The molecule has 0 aliphatic heterocycles. The van der Waals surface area contributed by atoms with Gasteiger partial charge in [0, 0.05) is 17.6 Å². The first-order valence-corrected chi connectivity index (χ1v) is 6.40. The number of amides is 1. The molecule has 3 N–H and O–H groups in total. The lowest BCUT2D eigenvalue weighted by Crippen LogP contribution is -2.49.